The van der Waals surface area contributed by atoms with Gasteiger partial charge in [-0.2, -0.15) is 0 Å². The van der Waals surface area contributed by atoms with E-state index in [4.69, 9.17) is 9.15 Å². The summed E-state index contributed by atoms with van der Waals surface area (Å²) in [5.41, 5.74) is 1.25. The molecule has 0 bridgehead atoms. The number of hydrogen-bond donors (Lipinski definition) is 2. The fourth-order valence-electron chi connectivity index (χ4n) is 2.64. The fraction of sp³-hybridized carbons (Fsp3) is 0.294. The van der Waals surface area contributed by atoms with E-state index >= 15 is 0 Å². The van der Waals surface area contributed by atoms with Gasteiger partial charge in [0.1, 0.15) is 5.75 Å². The molecular formula is C17H18N2O7S. The topological polar surface area (TPSA) is 126 Å². The van der Waals surface area contributed by atoms with Crippen LogP contribution in [0.1, 0.15) is 27.7 Å². The van der Waals surface area contributed by atoms with Crippen LogP contribution in [0.5, 0.6) is 5.75 Å². The normalized spacial score (nSPS) is 14.5. The van der Waals surface area contributed by atoms with Crippen molar-refractivity contribution in [2.75, 3.05) is 20.7 Å². The summed E-state index contributed by atoms with van der Waals surface area (Å²) in [5.74, 6) is -1.70. The first-order valence-electron chi connectivity index (χ1n) is 8.02. The van der Waals surface area contributed by atoms with E-state index in [2.05, 4.69) is 5.32 Å². The van der Waals surface area contributed by atoms with Gasteiger partial charge in [-0.05, 0) is 35.4 Å². The van der Waals surface area contributed by atoms with Gasteiger partial charge in [0.15, 0.2) is 11.8 Å². The molecule has 27 heavy (non-hydrogen) atoms. The van der Waals surface area contributed by atoms with E-state index in [1.165, 1.54) is 20.2 Å². The second kappa shape index (κ2) is 7.05. The van der Waals surface area contributed by atoms with Gasteiger partial charge in [-0.25, -0.2) is 17.5 Å². The summed E-state index contributed by atoms with van der Waals surface area (Å²) in [6.07, 6.45) is 0.660. The molecule has 9 nitrogen and oxygen atoms in total. The maximum absolute atomic E-state index is 12.4. The molecule has 10 heteroatoms. The molecule has 0 saturated carbocycles. The Kier molecular flexibility index (Phi) is 4.94. The Morgan fingerprint density at radius 2 is 1.96 bits per heavy atom. The van der Waals surface area contributed by atoms with Crippen LogP contribution in [0.4, 0.5) is 0 Å². The summed E-state index contributed by atoms with van der Waals surface area (Å²) in [6, 6.07) is 5.91. The minimum Gasteiger partial charge on any atom is -0.493 e. The fourth-order valence-corrected chi connectivity index (χ4v) is 3.43. The van der Waals surface area contributed by atoms with Crippen molar-refractivity contribution in [3.63, 3.8) is 0 Å². The Hall–Kier alpha value is -2.85. The summed E-state index contributed by atoms with van der Waals surface area (Å²) in [6.45, 7) is 0.526. The van der Waals surface area contributed by atoms with Crippen LogP contribution in [-0.4, -0.2) is 50.4 Å². The van der Waals surface area contributed by atoms with Crippen molar-refractivity contribution in [3.05, 3.63) is 47.2 Å². The molecule has 144 valence electrons. The number of furan rings is 1. The molecule has 0 spiro atoms. The maximum atomic E-state index is 12.4. The third-order valence-corrected chi connectivity index (χ3v) is 5.80. The van der Waals surface area contributed by atoms with Crippen molar-refractivity contribution in [3.8, 4) is 5.75 Å². The molecule has 0 radical (unpaired) electrons. The Morgan fingerprint density at radius 1 is 1.22 bits per heavy atom. The van der Waals surface area contributed by atoms with Crippen molar-refractivity contribution in [1.82, 2.24) is 9.62 Å². The van der Waals surface area contributed by atoms with Crippen molar-refractivity contribution >= 4 is 21.9 Å². The lowest BCUT2D eigenvalue weighted by Gasteiger charge is -2.15. The Morgan fingerprint density at radius 3 is 2.63 bits per heavy atom. The summed E-state index contributed by atoms with van der Waals surface area (Å²) in [4.78, 5) is 24.0. The van der Waals surface area contributed by atoms with Gasteiger partial charge in [0.2, 0.25) is 5.09 Å². The molecular weight excluding hydrogens is 376 g/mol. The van der Waals surface area contributed by atoms with Crippen molar-refractivity contribution < 1.29 is 32.3 Å². The lowest BCUT2D eigenvalue weighted by molar-refractivity contribution is -0.139. The van der Waals surface area contributed by atoms with Crippen LogP contribution in [0.15, 0.2) is 39.8 Å². The largest absolute Gasteiger partial charge is 0.493 e. The molecule has 0 aliphatic carbocycles. The second-order valence-corrected chi connectivity index (χ2v) is 8.20. The van der Waals surface area contributed by atoms with Gasteiger partial charge < -0.3 is 19.6 Å². The van der Waals surface area contributed by atoms with Gasteiger partial charge in [0.25, 0.3) is 15.9 Å². The highest BCUT2D eigenvalue weighted by molar-refractivity contribution is 7.88. The van der Waals surface area contributed by atoms with E-state index in [0.29, 0.717) is 24.3 Å². The number of benzene rings is 1. The molecule has 3 rings (SSSR count). The Balaban J connectivity index is 1.83. The zero-order valence-electron chi connectivity index (χ0n) is 14.6. The van der Waals surface area contributed by atoms with E-state index in [-0.39, 0.29) is 5.76 Å². The van der Waals surface area contributed by atoms with Crippen LogP contribution < -0.4 is 10.1 Å². The van der Waals surface area contributed by atoms with E-state index in [1.54, 1.807) is 18.2 Å². The molecule has 2 aromatic rings. The highest BCUT2D eigenvalue weighted by atomic mass is 32.2. The van der Waals surface area contributed by atoms with Crippen LogP contribution in [0, 0.1) is 0 Å². The van der Waals surface area contributed by atoms with Crippen LogP contribution in [0.2, 0.25) is 0 Å². The maximum Gasteiger partial charge on any atom is 0.330 e. The zero-order chi connectivity index (χ0) is 19.8. The molecule has 0 saturated heterocycles. The van der Waals surface area contributed by atoms with Gasteiger partial charge in [-0.15, -0.1) is 0 Å². The third-order valence-electron chi connectivity index (χ3n) is 4.11. The van der Waals surface area contributed by atoms with Gasteiger partial charge in [-0.3, -0.25) is 4.79 Å². The molecule has 1 aromatic carbocycles. The lowest BCUT2D eigenvalue weighted by Crippen LogP contribution is -2.33. The Labute approximate surface area is 155 Å². The number of ether oxygens (including phenoxy) is 1. The van der Waals surface area contributed by atoms with E-state index < -0.39 is 33.0 Å². The summed E-state index contributed by atoms with van der Waals surface area (Å²) in [7, 11) is -1.18. The molecule has 1 aliphatic rings. The minimum absolute atomic E-state index is 0.300. The van der Waals surface area contributed by atoms with Gasteiger partial charge in [-0.1, -0.05) is 6.07 Å². The summed E-state index contributed by atoms with van der Waals surface area (Å²) < 4.78 is 35.5. The third kappa shape index (κ3) is 3.67. The monoisotopic (exact) mass is 394 g/mol. The van der Waals surface area contributed by atoms with Crippen LogP contribution in [-0.2, 0) is 21.2 Å². The highest BCUT2D eigenvalue weighted by Gasteiger charge is 2.28. The number of carbonyl (C=O) groups excluding carboxylic acids is 1. The van der Waals surface area contributed by atoms with Crippen molar-refractivity contribution in [2.24, 2.45) is 0 Å². The number of amides is 1. The summed E-state index contributed by atoms with van der Waals surface area (Å²) >= 11 is 0. The number of carboxylic acids is 1. The van der Waals surface area contributed by atoms with E-state index in [0.717, 1.165) is 15.9 Å². The quantitative estimate of drug-likeness (QED) is 0.749. The number of carboxylic acid groups (broad SMARTS) is 1. The van der Waals surface area contributed by atoms with Crippen LogP contribution in [0.25, 0.3) is 0 Å². The average Bonchev–Trinajstić information content (AvgIpc) is 3.27. The molecule has 1 amide bonds. The smallest absolute Gasteiger partial charge is 0.330 e. The molecule has 0 fully saturated rings. The summed E-state index contributed by atoms with van der Waals surface area (Å²) in [5, 5.41) is 11.4. The number of aliphatic carboxylic acids is 1. The van der Waals surface area contributed by atoms with E-state index in [1.807, 2.05) is 0 Å². The second-order valence-electron chi connectivity index (χ2n) is 6.12. The van der Waals surface area contributed by atoms with Crippen LogP contribution >= 0.6 is 0 Å². The first-order valence-corrected chi connectivity index (χ1v) is 9.46. The van der Waals surface area contributed by atoms with Gasteiger partial charge >= 0.3 is 5.97 Å². The van der Waals surface area contributed by atoms with Crippen molar-refractivity contribution in [2.45, 2.75) is 17.6 Å². The number of nitrogens with zero attached hydrogens (tertiary/aromatic N) is 1. The lowest BCUT2D eigenvalue weighted by atomic mass is 10.0. The first-order chi connectivity index (χ1) is 12.7. The zero-order valence-corrected chi connectivity index (χ0v) is 15.4. The molecule has 1 aliphatic heterocycles. The van der Waals surface area contributed by atoms with Crippen LogP contribution in [0.3, 0.4) is 0 Å². The first kappa shape index (κ1) is 18.9. The molecule has 1 atom stereocenters. The standard InChI is InChI=1S/C17H18N2O7S/c1-19(2)27(23,24)14-6-5-13(26-14)16(20)18-15(17(21)22)11-3-4-12-10(9-11)7-8-25-12/h3-6,9,15H,7-8H2,1-2H3,(H,18,20)(H,21,22). The molecule has 2 N–H and O–H groups in total. The number of carbonyl (C=O) groups is 2. The minimum atomic E-state index is -3.84. The Bertz CT molecular complexity index is 994. The predicted octanol–water partition coefficient (Wildman–Crippen LogP) is 1.02. The number of rotatable bonds is 6. The number of fused-ring (bicyclic) bond motifs is 1. The molecule has 1 unspecified atom stereocenters. The number of sulfonamides is 1. The predicted molar refractivity (Wildman–Crippen MR) is 93.1 cm³/mol. The van der Waals surface area contributed by atoms with Crippen molar-refractivity contribution in [1.29, 1.82) is 0 Å². The number of nitrogens with one attached hydrogen (secondary N) is 1. The SMILES string of the molecule is CN(C)S(=O)(=O)c1ccc(C(=O)NC(C(=O)O)c2ccc3c(c2)CCO3)o1. The number of hydrogen-bond acceptors (Lipinski definition) is 6. The van der Waals surface area contributed by atoms with E-state index in [9.17, 15) is 23.1 Å². The van der Waals surface area contributed by atoms with Gasteiger partial charge in [0.05, 0.1) is 6.61 Å². The molecule has 2 heterocycles. The molecule has 1 aromatic heterocycles. The average molecular weight is 394 g/mol. The highest BCUT2D eigenvalue weighted by Crippen LogP contribution is 2.28. The van der Waals surface area contributed by atoms with Gasteiger partial charge in [0, 0.05) is 20.5 Å².